The minimum atomic E-state index is -0.395. The molecule has 140 valence electrons. The van der Waals surface area contributed by atoms with Crippen LogP contribution in [0.5, 0.6) is 5.75 Å². The molecule has 6 heteroatoms. The Balaban J connectivity index is 1.50. The van der Waals surface area contributed by atoms with Gasteiger partial charge in [0, 0.05) is 6.54 Å². The summed E-state index contributed by atoms with van der Waals surface area (Å²) in [5.41, 5.74) is 8.59. The fourth-order valence-corrected chi connectivity index (χ4v) is 2.72. The van der Waals surface area contributed by atoms with E-state index in [1.165, 1.54) is 6.26 Å². The summed E-state index contributed by atoms with van der Waals surface area (Å²) in [5, 5.41) is 2.84. The van der Waals surface area contributed by atoms with Gasteiger partial charge in [-0.05, 0) is 36.1 Å². The first-order valence-electron chi connectivity index (χ1n) is 8.82. The number of hydrogen-bond acceptors (Lipinski definition) is 5. The number of benzene rings is 2. The van der Waals surface area contributed by atoms with Crippen molar-refractivity contribution in [2.24, 2.45) is 5.73 Å². The molecule has 3 N–H and O–H groups in total. The summed E-state index contributed by atoms with van der Waals surface area (Å²) in [6, 6.07) is 17.2. The molecule has 1 unspecified atom stereocenters. The van der Waals surface area contributed by atoms with Gasteiger partial charge in [-0.2, -0.15) is 0 Å². The van der Waals surface area contributed by atoms with Crippen molar-refractivity contribution in [2.45, 2.75) is 18.9 Å². The topological polar surface area (TPSA) is 90.4 Å². The van der Waals surface area contributed by atoms with Gasteiger partial charge in [0.15, 0.2) is 5.69 Å². The average Bonchev–Trinajstić information content (AvgIpc) is 3.20. The summed E-state index contributed by atoms with van der Waals surface area (Å²) in [6.07, 6.45) is 2.66. The van der Waals surface area contributed by atoms with Crippen LogP contribution in [0.2, 0.25) is 0 Å². The summed E-state index contributed by atoms with van der Waals surface area (Å²) >= 11 is 0. The van der Waals surface area contributed by atoms with E-state index in [0.717, 1.165) is 16.9 Å². The van der Waals surface area contributed by atoms with Gasteiger partial charge >= 0.3 is 0 Å². The van der Waals surface area contributed by atoms with Gasteiger partial charge in [0.05, 0.1) is 13.2 Å². The molecule has 3 aromatic rings. The Hall–Kier alpha value is -3.12. The van der Waals surface area contributed by atoms with Crippen molar-refractivity contribution < 1.29 is 13.9 Å². The SMILES string of the molecule is COc1ccc(CCNC(=O)c2coc(C(N)Cc3ccccc3)n2)cc1. The van der Waals surface area contributed by atoms with Crippen molar-refractivity contribution in [1.29, 1.82) is 0 Å². The minimum absolute atomic E-state index is 0.239. The first-order valence-corrected chi connectivity index (χ1v) is 8.82. The Bertz CT molecular complexity index is 860. The second-order valence-corrected chi connectivity index (χ2v) is 6.22. The van der Waals surface area contributed by atoms with Crippen LogP contribution < -0.4 is 15.8 Å². The molecule has 0 spiro atoms. The van der Waals surface area contributed by atoms with Crippen LogP contribution in [0.4, 0.5) is 0 Å². The van der Waals surface area contributed by atoms with E-state index >= 15 is 0 Å². The number of rotatable bonds is 8. The van der Waals surface area contributed by atoms with Gasteiger partial charge in [-0.1, -0.05) is 42.5 Å². The standard InChI is InChI=1S/C21H23N3O3/c1-26-17-9-7-15(8-10-17)11-12-23-20(25)19-14-27-21(24-19)18(22)13-16-5-3-2-4-6-16/h2-10,14,18H,11-13,22H2,1H3,(H,23,25). The lowest BCUT2D eigenvalue weighted by atomic mass is 10.1. The van der Waals surface area contributed by atoms with Crippen LogP contribution in [0, 0.1) is 0 Å². The van der Waals surface area contributed by atoms with Crippen molar-refractivity contribution in [2.75, 3.05) is 13.7 Å². The van der Waals surface area contributed by atoms with Gasteiger partial charge in [-0.15, -0.1) is 0 Å². The largest absolute Gasteiger partial charge is 0.497 e. The number of amides is 1. The van der Waals surface area contributed by atoms with E-state index in [9.17, 15) is 4.79 Å². The Morgan fingerprint density at radius 3 is 2.59 bits per heavy atom. The number of nitrogens with zero attached hydrogens (tertiary/aromatic N) is 1. The van der Waals surface area contributed by atoms with Crippen molar-refractivity contribution in [3.05, 3.63) is 83.6 Å². The predicted octanol–water partition coefficient (Wildman–Crippen LogP) is 2.90. The second-order valence-electron chi connectivity index (χ2n) is 6.22. The van der Waals surface area contributed by atoms with Crippen molar-refractivity contribution in [1.82, 2.24) is 10.3 Å². The summed E-state index contributed by atoms with van der Waals surface area (Å²) < 4.78 is 10.5. The van der Waals surface area contributed by atoms with Crippen LogP contribution in [-0.4, -0.2) is 24.5 Å². The number of ether oxygens (including phenoxy) is 1. The third-order valence-corrected chi connectivity index (χ3v) is 4.23. The summed E-state index contributed by atoms with van der Waals surface area (Å²) in [7, 11) is 1.63. The summed E-state index contributed by atoms with van der Waals surface area (Å²) in [6.45, 7) is 0.503. The van der Waals surface area contributed by atoms with Crippen LogP contribution in [-0.2, 0) is 12.8 Å². The molecule has 1 amide bonds. The van der Waals surface area contributed by atoms with Crippen LogP contribution in [0.3, 0.4) is 0 Å². The Morgan fingerprint density at radius 2 is 1.89 bits per heavy atom. The van der Waals surface area contributed by atoms with Gasteiger partial charge < -0.3 is 20.2 Å². The first kappa shape index (κ1) is 18.7. The summed E-state index contributed by atoms with van der Waals surface area (Å²) in [5.74, 6) is 0.898. The van der Waals surface area contributed by atoms with Crippen molar-refractivity contribution >= 4 is 5.91 Å². The molecule has 0 bridgehead atoms. The molecule has 6 nitrogen and oxygen atoms in total. The van der Waals surface area contributed by atoms with Gasteiger partial charge in [0.25, 0.3) is 5.91 Å². The maximum Gasteiger partial charge on any atom is 0.273 e. The Kier molecular flexibility index (Phi) is 6.22. The zero-order valence-electron chi connectivity index (χ0n) is 15.2. The molecular weight excluding hydrogens is 342 g/mol. The third-order valence-electron chi connectivity index (χ3n) is 4.23. The summed E-state index contributed by atoms with van der Waals surface area (Å²) in [4.78, 5) is 16.5. The Labute approximate surface area is 158 Å². The first-order chi connectivity index (χ1) is 13.2. The average molecular weight is 365 g/mol. The molecule has 2 aromatic carbocycles. The number of carbonyl (C=O) groups is 1. The van der Waals surface area contributed by atoms with E-state index < -0.39 is 6.04 Å². The number of nitrogens with one attached hydrogen (secondary N) is 1. The van der Waals surface area contributed by atoms with E-state index in [2.05, 4.69) is 10.3 Å². The van der Waals surface area contributed by atoms with Crippen LogP contribution in [0.1, 0.15) is 33.5 Å². The molecule has 0 saturated heterocycles. The van der Waals surface area contributed by atoms with E-state index in [1.54, 1.807) is 7.11 Å². The number of oxazole rings is 1. The number of nitrogens with two attached hydrogens (primary N) is 1. The molecule has 0 aliphatic heterocycles. The molecule has 1 atom stereocenters. The van der Waals surface area contributed by atoms with Crippen LogP contribution in [0.15, 0.2) is 65.3 Å². The third kappa shape index (κ3) is 5.18. The van der Waals surface area contributed by atoms with Gasteiger partial charge in [0.2, 0.25) is 5.89 Å². The maximum atomic E-state index is 12.2. The van der Waals surface area contributed by atoms with E-state index in [1.807, 2.05) is 54.6 Å². The minimum Gasteiger partial charge on any atom is -0.497 e. The van der Waals surface area contributed by atoms with Gasteiger partial charge in [-0.3, -0.25) is 4.79 Å². The number of carbonyl (C=O) groups excluding carboxylic acids is 1. The zero-order valence-corrected chi connectivity index (χ0v) is 15.2. The fourth-order valence-electron chi connectivity index (χ4n) is 2.72. The van der Waals surface area contributed by atoms with Gasteiger partial charge in [0.1, 0.15) is 12.0 Å². The molecule has 0 radical (unpaired) electrons. The van der Waals surface area contributed by atoms with Crippen molar-refractivity contribution in [3.63, 3.8) is 0 Å². The highest BCUT2D eigenvalue weighted by molar-refractivity contribution is 5.91. The molecule has 3 rings (SSSR count). The van der Waals surface area contributed by atoms with Crippen molar-refractivity contribution in [3.8, 4) is 5.75 Å². The second kappa shape index (κ2) is 9.00. The number of aromatic nitrogens is 1. The molecule has 27 heavy (non-hydrogen) atoms. The normalized spacial score (nSPS) is 11.8. The zero-order chi connectivity index (χ0) is 19.1. The molecular formula is C21H23N3O3. The highest BCUT2D eigenvalue weighted by atomic mass is 16.5. The molecule has 0 aliphatic carbocycles. The Morgan fingerprint density at radius 1 is 1.15 bits per heavy atom. The van der Waals surface area contributed by atoms with E-state index in [0.29, 0.717) is 25.3 Å². The molecule has 0 aliphatic rings. The quantitative estimate of drug-likeness (QED) is 0.641. The molecule has 0 fully saturated rings. The molecule has 1 heterocycles. The van der Waals surface area contributed by atoms with Crippen LogP contribution in [0.25, 0.3) is 0 Å². The number of methoxy groups -OCH3 is 1. The lowest BCUT2D eigenvalue weighted by molar-refractivity contribution is 0.0949. The predicted molar refractivity (Wildman–Crippen MR) is 103 cm³/mol. The highest BCUT2D eigenvalue weighted by Crippen LogP contribution is 2.16. The molecule has 1 aromatic heterocycles. The fraction of sp³-hybridized carbons (Fsp3) is 0.238. The monoisotopic (exact) mass is 365 g/mol. The molecule has 0 saturated carbocycles. The van der Waals surface area contributed by atoms with E-state index in [4.69, 9.17) is 14.9 Å². The van der Waals surface area contributed by atoms with Gasteiger partial charge in [-0.25, -0.2) is 4.98 Å². The highest BCUT2D eigenvalue weighted by Gasteiger charge is 2.17. The number of hydrogen-bond donors (Lipinski definition) is 2. The smallest absolute Gasteiger partial charge is 0.273 e. The van der Waals surface area contributed by atoms with Crippen LogP contribution >= 0.6 is 0 Å². The lowest BCUT2D eigenvalue weighted by Crippen LogP contribution is -2.26. The maximum absolute atomic E-state index is 12.2. The van der Waals surface area contributed by atoms with E-state index in [-0.39, 0.29) is 11.6 Å². The lowest BCUT2D eigenvalue weighted by Gasteiger charge is -2.07.